The third-order valence-corrected chi connectivity index (χ3v) is 6.99. The van der Waals surface area contributed by atoms with Crippen molar-refractivity contribution in [2.24, 2.45) is 0 Å². The molecule has 0 saturated carbocycles. The number of hydrogen-bond donors (Lipinski definition) is 0. The van der Waals surface area contributed by atoms with Crippen molar-refractivity contribution in [3.8, 4) is 0 Å². The molecular formula is C26H46. The Bertz CT molecular complexity index is 407. The van der Waals surface area contributed by atoms with Crippen LogP contribution >= 0.6 is 0 Å². The van der Waals surface area contributed by atoms with Gasteiger partial charge in [-0.15, -0.1) is 0 Å². The van der Waals surface area contributed by atoms with E-state index in [0.717, 1.165) is 23.7 Å². The Hall–Kier alpha value is -0.780. The topological polar surface area (TPSA) is 0 Å². The summed E-state index contributed by atoms with van der Waals surface area (Å²) in [6.07, 6.45) is 10.1. The summed E-state index contributed by atoms with van der Waals surface area (Å²) in [5.74, 6) is 2.87. The Labute approximate surface area is 165 Å². The van der Waals surface area contributed by atoms with Crippen molar-refractivity contribution in [2.45, 2.75) is 130 Å². The van der Waals surface area contributed by atoms with Crippen molar-refractivity contribution in [3.05, 3.63) is 34.4 Å². The van der Waals surface area contributed by atoms with Crippen LogP contribution in [-0.2, 0) is 0 Å². The van der Waals surface area contributed by atoms with Gasteiger partial charge in [0, 0.05) is 0 Å². The quantitative estimate of drug-likeness (QED) is 0.349. The molecule has 0 bridgehead atoms. The van der Waals surface area contributed by atoms with E-state index in [4.69, 9.17) is 0 Å². The molecule has 0 unspecified atom stereocenters. The molecule has 0 fully saturated rings. The molecule has 26 heavy (non-hydrogen) atoms. The van der Waals surface area contributed by atoms with Gasteiger partial charge < -0.3 is 0 Å². The van der Waals surface area contributed by atoms with Crippen molar-refractivity contribution in [3.63, 3.8) is 0 Å². The molecule has 0 saturated heterocycles. The normalized spacial score (nSPS) is 12.2. The van der Waals surface area contributed by atoms with Crippen LogP contribution in [0.1, 0.15) is 153 Å². The summed E-state index contributed by atoms with van der Waals surface area (Å²) in [7, 11) is 0. The number of rotatable bonds is 12. The fourth-order valence-corrected chi connectivity index (χ4v) is 5.00. The van der Waals surface area contributed by atoms with E-state index in [1.807, 2.05) is 0 Å². The molecule has 0 heterocycles. The first-order chi connectivity index (χ1) is 12.6. The molecule has 0 radical (unpaired) electrons. The van der Waals surface area contributed by atoms with Gasteiger partial charge >= 0.3 is 0 Å². The second kappa shape index (κ2) is 11.8. The highest BCUT2D eigenvalue weighted by Crippen LogP contribution is 2.42. The Morgan fingerprint density at radius 1 is 0.385 bits per heavy atom. The van der Waals surface area contributed by atoms with Gasteiger partial charge in [-0.05, 0) is 97.3 Å². The first kappa shape index (κ1) is 23.3. The summed E-state index contributed by atoms with van der Waals surface area (Å²) >= 11 is 0. The molecule has 150 valence electrons. The molecule has 1 aromatic carbocycles. The summed E-state index contributed by atoms with van der Waals surface area (Å²) in [4.78, 5) is 0. The number of hydrogen-bond acceptors (Lipinski definition) is 0. The van der Waals surface area contributed by atoms with E-state index >= 15 is 0 Å². The zero-order chi connectivity index (χ0) is 19.7. The van der Waals surface area contributed by atoms with E-state index in [1.165, 1.54) is 51.4 Å². The Kier molecular flexibility index (Phi) is 10.6. The van der Waals surface area contributed by atoms with Crippen LogP contribution in [0, 0.1) is 0 Å². The highest BCUT2D eigenvalue weighted by Gasteiger charge is 2.24. The maximum atomic E-state index is 2.68. The molecule has 0 N–H and O–H groups in total. The first-order valence-corrected chi connectivity index (χ1v) is 11.7. The van der Waals surface area contributed by atoms with Crippen LogP contribution in [0.25, 0.3) is 0 Å². The Morgan fingerprint density at radius 2 is 0.538 bits per heavy atom. The molecule has 0 amide bonds. The van der Waals surface area contributed by atoms with Crippen LogP contribution in [0.4, 0.5) is 0 Å². The Balaban J connectivity index is 3.73. The highest BCUT2D eigenvalue weighted by atomic mass is 14.3. The average molecular weight is 359 g/mol. The summed E-state index contributed by atoms with van der Waals surface area (Å²) in [5.41, 5.74) is 6.72. The molecule has 0 aromatic heterocycles. The largest absolute Gasteiger partial charge is 0.0648 e. The van der Waals surface area contributed by atoms with Crippen LogP contribution in [0.2, 0.25) is 0 Å². The third-order valence-electron chi connectivity index (χ3n) is 6.99. The lowest BCUT2D eigenvalue weighted by molar-refractivity contribution is 0.568. The van der Waals surface area contributed by atoms with Crippen LogP contribution in [0.5, 0.6) is 0 Å². The van der Waals surface area contributed by atoms with E-state index in [9.17, 15) is 0 Å². The van der Waals surface area contributed by atoms with Crippen LogP contribution in [0.3, 0.4) is 0 Å². The van der Waals surface area contributed by atoms with Gasteiger partial charge in [0.2, 0.25) is 0 Å². The lowest BCUT2D eigenvalue weighted by atomic mass is 9.75. The predicted molar refractivity (Wildman–Crippen MR) is 120 cm³/mol. The monoisotopic (exact) mass is 358 g/mol. The molecule has 0 atom stereocenters. The lowest BCUT2D eigenvalue weighted by Crippen LogP contribution is -2.13. The molecule has 1 aromatic rings. The summed E-state index contributed by atoms with van der Waals surface area (Å²) in [6, 6.07) is 5.35. The molecule has 1 rings (SSSR count). The number of benzene rings is 1. The van der Waals surface area contributed by atoms with Gasteiger partial charge in [-0.1, -0.05) is 67.5 Å². The van der Waals surface area contributed by atoms with E-state index in [0.29, 0.717) is 0 Å². The minimum absolute atomic E-state index is 0.717. The van der Waals surface area contributed by atoms with Crippen LogP contribution < -0.4 is 0 Å². The maximum Gasteiger partial charge on any atom is -0.0164 e. The Morgan fingerprint density at radius 3 is 0.654 bits per heavy atom. The van der Waals surface area contributed by atoms with Crippen molar-refractivity contribution < 1.29 is 0 Å². The van der Waals surface area contributed by atoms with Gasteiger partial charge in [0.25, 0.3) is 0 Å². The van der Waals surface area contributed by atoms with E-state index in [2.05, 4.69) is 67.5 Å². The SMILES string of the molecule is CCC(CC)c1cc(C(CC)CC)c(C(CC)CC)cc1C(CC)CC. The van der Waals surface area contributed by atoms with Gasteiger partial charge in [0.05, 0.1) is 0 Å². The maximum absolute atomic E-state index is 2.68. The molecule has 0 aliphatic carbocycles. The standard InChI is InChI=1S/C26H46/c1-9-19(10-2)23-17-25(21(13-5)14-6)26(22(15-7)16-8)18-24(23)20(11-3)12-4/h17-22H,9-16H2,1-8H3. The first-order valence-electron chi connectivity index (χ1n) is 11.7. The second-order valence-corrected chi connectivity index (χ2v) is 8.16. The fraction of sp³-hybridized carbons (Fsp3) is 0.769. The second-order valence-electron chi connectivity index (χ2n) is 8.16. The molecule has 0 spiro atoms. The van der Waals surface area contributed by atoms with E-state index in [1.54, 1.807) is 22.3 Å². The zero-order valence-corrected chi connectivity index (χ0v) is 19.1. The van der Waals surface area contributed by atoms with Crippen molar-refractivity contribution in [1.29, 1.82) is 0 Å². The highest BCUT2D eigenvalue weighted by molar-refractivity contribution is 5.45. The zero-order valence-electron chi connectivity index (χ0n) is 19.1. The minimum Gasteiger partial charge on any atom is -0.0648 e. The smallest absolute Gasteiger partial charge is 0.0164 e. The molecule has 0 aliphatic heterocycles. The predicted octanol–water partition coefficient (Wildman–Crippen LogP) is 9.30. The van der Waals surface area contributed by atoms with Gasteiger partial charge in [0.1, 0.15) is 0 Å². The summed E-state index contributed by atoms with van der Waals surface area (Å²) in [6.45, 7) is 19.0. The molecule has 0 aliphatic rings. The lowest BCUT2D eigenvalue weighted by Gasteiger charge is -2.30. The van der Waals surface area contributed by atoms with Gasteiger partial charge in [-0.2, -0.15) is 0 Å². The summed E-state index contributed by atoms with van der Waals surface area (Å²) < 4.78 is 0. The van der Waals surface area contributed by atoms with Crippen LogP contribution in [-0.4, -0.2) is 0 Å². The van der Waals surface area contributed by atoms with Crippen molar-refractivity contribution in [1.82, 2.24) is 0 Å². The van der Waals surface area contributed by atoms with Crippen molar-refractivity contribution >= 4 is 0 Å². The van der Waals surface area contributed by atoms with Crippen LogP contribution in [0.15, 0.2) is 12.1 Å². The molecule has 0 heteroatoms. The minimum atomic E-state index is 0.717. The van der Waals surface area contributed by atoms with Crippen molar-refractivity contribution in [2.75, 3.05) is 0 Å². The fourth-order valence-electron chi connectivity index (χ4n) is 5.00. The van der Waals surface area contributed by atoms with Gasteiger partial charge in [0.15, 0.2) is 0 Å². The third kappa shape index (κ3) is 5.14. The van der Waals surface area contributed by atoms with Gasteiger partial charge in [-0.25, -0.2) is 0 Å². The van der Waals surface area contributed by atoms with E-state index < -0.39 is 0 Å². The van der Waals surface area contributed by atoms with E-state index in [-0.39, 0.29) is 0 Å². The molecule has 0 nitrogen and oxygen atoms in total. The average Bonchev–Trinajstić information content (AvgIpc) is 2.67. The van der Waals surface area contributed by atoms with Gasteiger partial charge in [-0.3, -0.25) is 0 Å². The summed E-state index contributed by atoms with van der Waals surface area (Å²) in [5, 5.41) is 0. The molecular weight excluding hydrogens is 312 g/mol.